The fourth-order valence-electron chi connectivity index (χ4n) is 3.16. The summed E-state index contributed by atoms with van der Waals surface area (Å²) < 4.78 is 1.14. The zero-order valence-electron chi connectivity index (χ0n) is 10.8. The number of aromatic nitrogens is 1. The molecule has 19 heavy (non-hydrogen) atoms. The fraction of sp³-hybridized carbons (Fsp3) is 0.438. The molecule has 0 atom stereocenters. The Hall–Kier alpha value is -1.09. The third kappa shape index (κ3) is 2.04. The Morgan fingerprint density at radius 3 is 2.79 bits per heavy atom. The maximum atomic E-state index is 4.53. The molecule has 2 saturated carbocycles. The van der Waals surface area contributed by atoms with Crippen LogP contribution < -0.4 is 5.32 Å². The van der Waals surface area contributed by atoms with Crippen LogP contribution in [0.25, 0.3) is 10.8 Å². The maximum absolute atomic E-state index is 4.53. The van der Waals surface area contributed by atoms with Crippen molar-refractivity contribution in [1.29, 1.82) is 0 Å². The summed E-state index contributed by atoms with van der Waals surface area (Å²) in [4.78, 5) is 4.53. The minimum atomic E-state index is 0.607. The molecule has 0 aliphatic heterocycles. The standard InChI is InChI=1S/C16H17BrN2/c17-14-3-1-2-13-12(14)6-9-18-15(13)19-10-16(7-8-16)11-4-5-11/h1-3,6,9,11H,4-5,7-8,10H2,(H,18,19). The molecular weight excluding hydrogens is 300 g/mol. The number of rotatable bonds is 4. The SMILES string of the molecule is Brc1cccc2c(NCC3(C4CC4)CC3)nccc12. The molecule has 2 fully saturated rings. The van der Waals surface area contributed by atoms with E-state index in [0.717, 1.165) is 22.8 Å². The monoisotopic (exact) mass is 316 g/mol. The van der Waals surface area contributed by atoms with E-state index in [9.17, 15) is 0 Å². The number of nitrogens with one attached hydrogen (secondary N) is 1. The molecule has 2 aliphatic rings. The second-order valence-corrected chi connectivity index (χ2v) is 6.84. The Balaban J connectivity index is 1.62. The number of nitrogens with zero attached hydrogens (tertiary/aromatic N) is 1. The average Bonchev–Trinajstić information content (AvgIpc) is 3.28. The highest BCUT2D eigenvalue weighted by Crippen LogP contribution is 2.61. The van der Waals surface area contributed by atoms with Gasteiger partial charge in [-0.3, -0.25) is 0 Å². The molecule has 98 valence electrons. The molecule has 0 radical (unpaired) electrons. The first-order valence-corrected chi connectivity index (χ1v) is 7.85. The molecule has 0 spiro atoms. The molecule has 3 heteroatoms. The van der Waals surface area contributed by atoms with Crippen molar-refractivity contribution < 1.29 is 0 Å². The van der Waals surface area contributed by atoms with Gasteiger partial charge in [0.25, 0.3) is 0 Å². The molecule has 4 rings (SSSR count). The van der Waals surface area contributed by atoms with Gasteiger partial charge in [0, 0.05) is 28.0 Å². The first-order valence-electron chi connectivity index (χ1n) is 7.06. The van der Waals surface area contributed by atoms with Crippen molar-refractivity contribution in [2.24, 2.45) is 11.3 Å². The van der Waals surface area contributed by atoms with Crippen molar-refractivity contribution >= 4 is 32.5 Å². The normalized spacial score (nSPS) is 20.5. The van der Waals surface area contributed by atoms with E-state index in [4.69, 9.17) is 0 Å². The van der Waals surface area contributed by atoms with E-state index in [1.54, 1.807) is 0 Å². The van der Waals surface area contributed by atoms with Gasteiger partial charge in [-0.2, -0.15) is 0 Å². The minimum absolute atomic E-state index is 0.607. The number of hydrogen-bond donors (Lipinski definition) is 1. The lowest BCUT2D eigenvalue weighted by atomic mass is 10.0. The number of hydrogen-bond acceptors (Lipinski definition) is 2. The molecule has 2 aromatic rings. The Labute approximate surface area is 121 Å². The summed E-state index contributed by atoms with van der Waals surface area (Å²) in [6.07, 6.45) is 7.58. The summed E-state index contributed by atoms with van der Waals surface area (Å²) >= 11 is 3.61. The summed E-state index contributed by atoms with van der Waals surface area (Å²) in [6, 6.07) is 8.37. The van der Waals surface area contributed by atoms with Gasteiger partial charge in [0.05, 0.1) is 0 Å². The Bertz CT molecular complexity index is 630. The number of pyridine rings is 1. The minimum Gasteiger partial charge on any atom is -0.369 e. The summed E-state index contributed by atoms with van der Waals surface area (Å²) in [6.45, 7) is 1.09. The van der Waals surface area contributed by atoms with E-state index in [2.05, 4.69) is 50.5 Å². The summed E-state index contributed by atoms with van der Waals surface area (Å²) in [7, 11) is 0. The topological polar surface area (TPSA) is 24.9 Å². The highest BCUT2D eigenvalue weighted by molar-refractivity contribution is 9.10. The van der Waals surface area contributed by atoms with Crippen LogP contribution in [0.4, 0.5) is 5.82 Å². The molecule has 1 heterocycles. The first-order chi connectivity index (χ1) is 9.28. The van der Waals surface area contributed by atoms with E-state index in [-0.39, 0.29) is 0 Å². The Morgan fingerprint density at radius 1 is 1.21 bits per heavy atom. The third-order valence-corrected chi connectivity index (χ3v) is 5.39. The zero-order chi connectivity index (χ0) is 12.9. The van der Waals surface area contributed by atoms with Gasteiger partial charge in [0.15, 0.2) is 0 Å². The molecular formula is C16H17BrN2. The van der Waals surface area contributed by atoms with Crippen LogP contribution in [-0.2, 0) is 0 Å². The first kappa shape index (κ1) is 11.7. The van der Waals surface area contributed by atoms with Crippen molar-refractivity contribution in [3.05, 3.63) is 34.9 Å². The molecule has 0 unspecified atom stereocenters. The predicted octanol–water partition coefficient (Wildman–Crippen LogP) is 4.60. The van der Waals surface area contributed by atoms with Crippen molar-refractivity contribution in [3.8, 4) is 0 Å². The third-order valence-electron chi connectivity index (χ3n) is 4.70. The predicted molar refractivity (Wildman–Crippen MR) is 82.3 cm³/mol. The highest BCUT2D eigenvalue weighted by Gasteiger charge is 2.53. The molecule has 1 aromatic carbocycles. The maximum Gasteiger partial charge on any atom is 0.133 e. The lowest BCUT2D eigenvalue weighted by Crippen LogP contribution is -2.18. The van der Waals surface area contributed by atoms with Crippen LogP contribution in [0.1, 0.15) is 25.7 Å². The van der Waals surface area contributed by atoms with Crippen molar-refractivity contribution in [2.75, 3.05) is 11.9 Å². The van der Waals surface area contributed by atoms with Gasteiger partial charge in [-0.1, -0.05) is 28.1 Å². The highest BCUT2D eigenvalue weighted by atomic mass is 79.9. The quantitative estimate of drug-likeness (QED) is 0.891. The molecule has 0 amide bonds. The van der Waals surface area contributed by atoms with Gasteiger partial charge in [0.1, 0.15) is 5.82 Å². The summed E-state index contributed by atoms with van der Waals surface area (Å²) in [5.41, 5.74) is 0.607. The number of halogens is 1. The average molecular weight is 317 g/mol. The van der Waals surface area contributed by atoms with E-state index >= 15 is 0 Å². The fourth-order valence-corrected chi connectivity index (χ4v) is 3.65. The molecule has 1 N–H and O–H groups in total. The molecule has 2 aliphatic carbocycles. The molecule has 1 aromatic heterocycles. The van der Waals surface area contributed by atoms with Gasteiger partial charge < -0.3 is 5.32 Å². The van der Waals surface area contributed by atoms with E-state index < -0.39 is 0 Å². The number of fused-ring (bicyclic) bond motifs is 1. The van der Waals surface area contributed by atoms with Crippen molar-refractivity contribution in [1.82, 2.24) is 4.98 Å². The lowest BCUT2D eigenvalue weighted by Gasteiger charge is -2.16. The number of benzene rings is 1. The lowest BCUT2D eigenvalue weighted by molar-refractivity contribution is 0.466. The van der Waals surface area contributed by atoms with E-state index in [0.29, 0.717) is 5.41 Å². The van der Waals surface area contributed by atoms with Crippen LogP contribution in [0.2, 0.25) is 0 Å². The van der Waals surface area contributed by atoms with Crippen LogP contribution in [-0.4, -0.2) is 11.5 Å². The largest absolute Gasteiger partial charge is 0.369 e. The molecule has 2 nitrogen and oxygen atoms in total. The van der Waals surface area contributed by atoms with Crippen LogP contribution in [0, 0.1) is 11.3 Å². The van der Waals surface area contributed by atoms with Crippen LogP contribution in [0.3, 0.4) is 0 Å². The number of anilines is 1. The molecule has 0 bridgehead atoms. The van der Waals surface area contributed by atoms with Crippen LogP contribution in [0.5, 0.6) is 0 Å². The summed E-state index contributed by atoms with van der Waals surface area (Å²) in [5.74, 6) is 2.02. The smallest absolute Gasteiger partial charge is 0.133 e. The summed E-state index contributed by atoms with van der Waals surface area (Å²) in [5, 5.41) is 6.05. The van der Waals surface area contributed by atoms with Crippen molar-refractivity contribution in [3.63, 3.8) is 0 Å². The second kappa shape index (κ2) is 4.20. The Kier molecular flexibility index (Phi) is 2.59. The second-order valence-electron chi connectivity index (χ2n) is 5.98. The van der Waals surface area contributed by atoms with E-state index in [1.165, 1.54) is 36.5 Å². The van der Waals surface area contributed by atoms with Crippen LogP contribution >= 0.6 is 15.9 Å². The van der Waals surface area contributed by atoms with Gasteiger partial charge in [-0.25, -0.2) is 4.98 Å². The molecule has 0 saturated heterocycles. The van der Waals surface area contributed by atoms with Gasteiger partial charge >= 0.3 is 0 Å². The van der Waals surface area contributed by atoms with Gasteiger partial charge in [0.2, 0.25) is 0 Å². The Morgan fingerprint density at radius 2 is 2.05 bits per heavy atom. The van der Waals surface area contributed by atoms with Gasteiger partial charge in [-0.15, -0.1) is 0 Å². The zero-order valence-corrected chi connectivity index (χ0v) is 12.4. The van der Waals surface area contributed by atoms with Crippen molar-refractivity contribution in [2.45, 2.75) is 25.7 Å². The van der Waals surface area contributed by atoms with Crippen LogP contribution in [0.15, 0.2) is 34.9 Å². The van der Waals surface area contributed by atoms with Gasteiger partial charge in [-0.05, 0) is 49.1 Å². The van der Waals surface area contributed by atoms with E-state index in [1.807, 2.05) is 6.20 Å².